The summed E-state index contributed by atoms with van der Waals surface area (Å²) < 4.78 is 0. The maximum absolute atomic E-state index is 13.2. The summed E-state index contributed by atoms with van der Waals surface area (Å²) in [5.74, 6) is -2.40. The monoisotopic (exact) mass is 462 g/mol. The summed E-state index contributed by atoms with van der Waals surface area (Å²) in [5, 5.41) is 19.5. The van der Waals surface area contributed by atoms with Crippen LogP contribution in [0.3, 0.4) is 0 Å². The molecule has 2 aromatic carbocycles. The summed E-state index contributed by atoms with van der Waals surface area (Å²) in [6.45, 7) is 0.307. The van der Waals surface area contributed by atoms with Gasteiger partial charge in [-0.15, -0.1) is 0 Å². The Labute approximate surface area is 199 Å². The third-order valence-electron chi connectivity index (χ3n) is 5.81. The number of aliphatic carboxylic acids is 1. The van der Waals surface area contributed by atoms with Gasteiger partial charge in [0.05, 0.1) is 11.6 Å². The van der Waals surface area contributed by atoms with E-state index < -0.39 is 29.5 Å². The predicted molar refractivity (Wildman–Crippen MR) is 131 cm³/mol. The SMILES string of the molecule is CN(C)c1ccc([C@@H]2C(C(=O)/C=C/c3ccccc3)=C(O)C(=O)N2CCCCCC(=O)O)cc1. The summed E-state index contributed by atoms with van der Waals surface area (Å²) in [4.78, 5) is 40.3. The van der Waals surface area contributed by atoms with Gasteiger partial charge in [0.2, 0.25) is 0 Å². The van der Waals surface area contributed by atoms with E-state index in [9.17, 15) is 19.5 Å². The van der Waals surface area contributed by atoms with Crippen molar-refractivity contribution in [3.05, 3.63) is 83.1 Å². The Morgan fingerprint density at radius 2 is 1.68 bits per heavy atom. The van der Waals surface area contributed by atoms with Crippen LogP contribution in [0.2, 0.25) is 0 Å². The fraction of sp³-hybridized carbons (Fsp3) is 0.296. The fourth-order valence-corrected chi connectivity index (χ4v) is 4.00. The van der Waals surface area contributed by atoms with E-state index in [1.807, 2.05) is 73.6 Å². The molecule has 1 amide bonds. The molecule has 0 aromatic heterocycles. The van der Waals surface area contributed by atoms with E-state index in [1.165, 1.54) is 11.0 Å². The van der Waals surface area contributed by atoms with Crippen molar-refractivity contribution in [2.45, 2.75) is 31.7 Å². The highest BCUT2D eigenvalue weighted by Gasteiger charge is 2.42. The summed E-state index contributed by atoms with van der Waals surface area (Å²) in [6.07, 6.45) is 4.81. The van der Waals surface area contributed by atoms with Gasteiger partial charge < -0.3 is 20.0 Å². The summed E-state index contributed by atoms with van der Waals surface area (Å²) >= 11 is 0. The molecule has 3 rings (SSSR count). The molecule has 0 fully saturated rings. The first-order valence-electron chi connectivity index (χ1n) is 11.3. The van der Waals surface area contributed by atoms with Crippen molar-refractivity contribution in [2.75, 3.05) is 25.5 Å². The number of carbonyl (C=O) groups excluding carboxylic acids is 2. The first kappa shape index (κ1) is 24.8. The lowest BCUT2D eigenvalue weighted by Crippen LogP contribution is -2.32. The first-order valence-corrected chi connectivity index (χ1v) is 11.3. The largest absolute Gasteiger partial charge is 0.503 e. The number of carboxylic acid groups (broad SMARTS) is 1. The summed E-state index contributed by atoms with van der Waals surface area (Å²) in [5.41, 5.74) is 2.59. The van der Waals surface area contributed by atoms with Crippen LogP contribution in [0.25, 0.3) is 6.08 Å². The van der Waals surface area contributed by atoms with Crippen molar-refractivity contribution in [3.63, 3.8) is 0 Å². The number of aliphatic hydroxyl groups is 1. The maximum atomic E-state index is 13.2. The van der Waals surface area contributed by atoms with Crippen LogP contribution in [0.1, 0.15) is 42.9 Å². The van der Waals surface area contributed by atoms with Crippen LogP contribution in [0.5, 0.6) is 0 Å². The highest BCUT2D eigenvalue weighted by Crippen LogP contribution is 2.38. The molecule has 2 aromatic rings. The lowest BCUT2D eigenvalue weighted by molar-refractivity contribution is -0.137. The Hall–Kier alpha value is -3.87. The second kappa shape index (κ2) is 11.3. The number of nitrogens with zero attached hydrogens (tertiary/aromatic N) is 2. The molecular formula is C27H30N2O5. The van der Waals surface area contributed by atoms with Crippen LogP contribution >= 0.6 is 0 Å². The number of anilines is 1. The Morgan fingerprint density at radius 1 is 1.00 bits per heavy atom. The number of carboxylic acids is 1. The van der Waals surface area contributed by atoms with Crippen LogP contribution < -0.4 is 4.90 Å². The lowest BCUT2D eigenvalue weighted by Gasteiger charge is -2.27. The average Bonchev–Trinajstić information content (AvgIpc) is 3.08. The standard InChI is InChI=1S/C27H30N2O5/c1-28(2)21-15-13-20(14-16-21)25-24(22(30)17-12-19-9-5-3-6-10-19)26(33)27(34)29(25)18-8-4-7-11-23(31)32/h3,5-6,9-10,12-17,25,33H,4,7-8,11,18H2,1-2H3,(H,31,32)/b17-12+/t25-/m1/s1. The van der Waals surface area contributed by atoms with Gasteiger partial charge in [-0.25, -0.2) is 0 Å². The van der Waals surface area contributed by atoms with E-state index in [0.717, 1.165) is 16.8 Å². The normalized spacial score (nSPS) is 15.9. The van der Waals surface area contributed by atoms with Crippen molar-refractivity contribution in [3.8, 4) is 0 Å². The number of benzene rings is 2. The number of hydrogen-bond acceptors (Lipinski definition) is 5. The van der Waals surface area contributed by atoms with Gasteiger partial charge >= 0.3 is 5.97 Å². The van der Waals surface area contributed by atoms with Gasteiger partial charge in [-0.3, -0.25) is 14.4 Å². The summed E-state index contributed by atoms with van der Waals surface area (Å²) in [7, 11) is 3.85. The molecule has 0 saturated carbocycles. The number of carbonyl (C=O) groups is 3. The highest BCUT2D eigenvalue weighted by atomic mass is 16.4. The number of hydrogen-bond donors (Lipinski definition) is 2. The van der Waals surface area contributed by atoms with Gasteiger partial charge in [0.15, 0.2) is 11.5 Å². The van der Waals surface area contributed by atoms with E-state index in [0.29, 0.717) is 25.8 Å². The molecule has 1 aliphatic heterocycles. The molecule has 2 N–H and O–H groups in total. The molecular weight excluding hydrogens is 432 g/mol. The molecule has 0 unspecified atom stereocenters. The minimum absolute atomic E-state index is 0.0559. The smallest absolute Gasteiger partial charge is 0.303 e. The minimum Gasteiger partial charge on any atom is -0.503 e. The van der Waals surface area contributed by atoms with Crippen molar-refractivity contribution in [2.24, 2.45) is 0 Å². The topological polar surface area (TPSA) is 98.2 Å². The molecule has 1 heterocycles. The van der Waals surface area contributed by atoms with E-state index >= 15 is 0 Å². The van der Waals surface area contributed by atoms with Gasteiger partial charge in [-0.05, 0) is 42.2 Å². The van der Waals surface area contributed by atoms with Gasteiger partial charge in [0.1, 0.15) is 0 Å². The number of allylic oxidation sites excluding steroid dienone is 1. The van der Waals surface area contributed by atoms with Crippen molar-refractivity contribution in [1.29, 1.82) is 0 Å². The molecule has 1 aliphatic rings. The molecule has 1 atom stereocenters. The number of ketones is 1. The number of amides is 1. The number of rotatable bonds is 11. The zero-order valence-electron chi connectivity index (χ0n) is 19.5. The van der Waals surface area contributed by atoms with Crippen LogP contribution in [0.4, 0.5) is 5.69 Å². The average molecular weight is 463 g/mol. The molecule has 7 nitrogen and oxygen atoms in total. The van der Waals surface area contributed by atoms with E-state index in [4.69, 9.17) is 5.11 Å². The molecule has 7 heteroatoms. The molecule has 34 heavy (non-hydrogen) atoms. The minimum atomic E-state index is -0.853. The van der Waals surface area contributed by atoms with Gasteiger partial charge in [-0.1, -0.05) is 55.0 Å². The Kier molecular flexibility index (Phi) is 8.24. The maximum Gasteiger partial charge on any atom is 0.303 e. The quantitative estimate of drug-likeness (QED) is 0.380. The third kappa shape index (κ3) is 5.92. The van der Waals surface area contributed by atoms with Crippen LogP contribution in [0, 0.1) is 0 Å². The Morgan fingerprint density at radius 3 is 2.29 bits per heavy atom. The lowest BCUT2D eigenvalue weighted by atomic mass is 9.95. The van der Waals surface area contributed by atoms with E-state index in [2.05, 4.69) is 0 Å². The second-order valence-electron chi connectivity index (χ2n) is 8.46. The third-order valence-corrected chi connectivity index (χ3v) is 5.81. The predicted octanol–water partition coefficient (Wildman–Crippen LogP) is 4.38. The zero-order chi connectivity index (χ0) is 24.7. The number of aliphatic hydroxyl groups excluding tert-OH is 1. The summed E-state index contributed by atoms with van der Waals surface area (Å²) in [6, 6.07) is 16.1. The fourth-order valence-electron chi connectivity index (χ4n) is 4.00. The van der Waals surface area contributed by atoms with E-state index in [1.54, 1.807) is 6.08 Å². The molecule has 0 spiro atoms. The molecule has 0 radical (unpaired) electrons. The van der Waals surface area contributed by atoms with Gasteiger partial charge in [-0.2, -0.15) is 0 Å². The Bertz CT molecular complexity index is 1090. The molecule has 178 valence electrons. The van der Waals surface area contributed by atoms with Crippen molar-refractivity contribution < 1.29 is 24.6 Å². The first-order chi connectivity index (χ1) is 16.3. The highest BCUT2D eigenvalue weighted by molar-refractivity contribution is 6.14. The molecule has 0 saturated heterocycles. The molecule has 0 bridgehead atoms. The Balaban J connectivity index is 1.88. The van der Waals surface area contributed by atoms with Crippen molar-refractivity contribution in [1.82, 2.24) is 4.90 Å². The van der Waals surface area contributed by atoms with Crippen LogP contribution in [-0.4, -0.2) is 53.4 Å². The second-order valence-corrected chi connectivity index (χ2v) is 8.46. The van der Waals surface area contributed by atoms with Crippen LogP contribution in [-0.2, 0) is 14.4 Å². The van der Waals surface area contributed by atoms with Crippen LogP contribution in [0.15, 0.2) is 72.0 Å². The van der Waals surface area contributed by atoms with Gasteiger partial charge in [0.25, 0.3) is 5.91 Å². The number of unbranched alkanes of at least 4 members (excludes halogenated alkanes) is 2. The molecule has 0 aliphatic carbocycles. The zero-order valence-corrected chi connectivity index (χ0v) is 19.5. The van der Waals surface area contributed by atoms with E-state index in [-0.39, 0.29) is 12.0 Å². The van der Waals surface area contributed by atoms with Crippen molar-refractivity contribution >= 4 is 29.4 Å². The van der Waals surface area contributed by atoms with Gasteiger partial charge in [0, 0.05) is 32.7 Å².